The van der Waals surface area contributed by atoms with Crippen LogP contribution >= 0.6 is 15.9 Å². The second-order valence-corrected chi connectivity index (χ2v) is 6.39. The predicted octanol–water partition coefficient (Wildman–Crippen LogP) is 4.36. The Balaban J connectivity index is 2.33. The molecule has 0 saturated carbocycles. The van der Waals surface area contributed by atoms with E-state index in [-0.39, 0.29) is 5.41 Å². The molecule has 1 aromatic carbocycles. The molecule has 2 nitrogen and oxygen atoms in total. The fraction of sp³-hybridized carbons (Fsp3) is 0.357. The number of hydrogen-bond acceptors (Lipinski definition) is 1. The zero-order valence-corrected chi connectivity index (χ0v) is 12.0. The lowest BCUT2D eigenvalue weighted by molar-refractivity contribution is 0.345. The first-order valence-electron chi connectivity index (χ1n) is 5.72. The third-order valence-corrected chi connectivity index (χ3v) is 3.03. The second-order valence-electron chi connectivity index (χ2n) is 5.47. The van der Waals surface area contributed by atoms with E-state index >= 15 is 0 Å². The minimum Gasteiger partial charge on any atom is -0.330 e. The topological polar surface area (TPSA) is 17.8 Å². The molecule has 0 saturated heterocycles. The van der Waals surface area contributed by atoms with Crippen molar-refractivity contribution in [3.8, 4) is 11.3 Å². The van der Waals surface area contributed by atoms with Gasteiger partial charge in [-0.3, -0.25) is 0 Å². The average Bonchev–Trinajstić information content (AvgIpc) is 2.64. The van der Waals surface area contributed by atoms with Crippen LogP contribution in [0.4, 0.5) is 0 Å². The molecule has 0 bridgehead atoms. The smallest absolute Gasteiger partial charge is 0.0951 e. The molecule has 0 aliphatic rings. The highest BCUT2D eigenvalue weighted by Crippen LogP contribution is 2.24. The van der Waals surface area contributed by atoms with Gasteiger partial charge in [0.05, 0.1) is 18.2 Å². The molecule has 0 N–H and O–H groups in total. The maximum Gasteiger partial charge on any atom is 0.0951 e. The summed E-state index contributed by atoms with van der Waals surface area (Å²) in [5.41, 5.74) is 2.63. The molecule has 0 aliphatic carbocycles. The quantitative estimate of drug-likeness (QED) is 0.804. The highest BCUT2D eigenvalue weighted by Gasteiger charge is 2.14. The number of aromatic nitrogens is 2. The van der Waals surface area contributed by atoms with Crippen LogP contribution in [0.1, 0.15) is 20.8 Å². The molecule has 3 heteroatoms. The van der Waals surface area contributed by atoms with E-state index in [9.17, 15) is 0 Å². The minimum absolute atomic E-state index is 0.255. The van der Waals surface area contributed by atoms with Gasteiger partial charge in [0, 0.05) is 11.0 Å². The number of imidazole rings is 1. The molecule has 0 aliphatic heterocycles. The Hall–Kier alpha value is -1.09. The van der Waals surface area contributed by atoms with Gasteiger partial charge < -0.3 is 4.57 Å². The molecule has 0 radical (unpaired) electrons. The van der Waals surface area contributed by atoms with Gasteiger partial charge in [-0.2, -0.15) is 0 Å². The Labute approximate surface area is 111 Å². The van der Waals surface area contributed by atoms with Crippen molar-refractivity contribution in [1.29, 1.82) is 0 Å². The highest BCUT2D eigenvalue weighted by atomic mass is 79.9. The maximum atomic E-state index is 4.26. The predicted molar refractivity (Wildman–Crippen MR) is 74.8 cm³/mol. The maximum absolute atomic E-state index is 4.26. The summed E-state index contributed by atoms with van der Waals surface area (Å²) in [6.45, 7) is 7.67. The van der Waals surface area contributed by atoms with Crippen LogP contribution in [0.15, 0.2) is 41.3 Å². The Bertz CT molecular complexity index is 492. The van der Waals surface area contributed by atoms with Gasteiger partial charge in [0.2, 0.25) is 0 Å². The average molecular weight is 293 g/mol. The van der Waals surface area contributed by atoms with Crippen molar-refractivity contribution >= 4 is 15.9 Å². The third kappa shape index (κ3) is 3.19. The summed E-state index contributed by atoms with van der Waals surface area (Å²) in [5.74, 6) is 0. The van der Waals surface area contributed by atoms with Crippen LogP contribution < -0.4 is 0 Å². The highest BCUT2D eigenvalue weighted by molar-refractivity contribution is 9.10. The molecule has 1 aromatic heterocycles. The lowest BCUT2D eigenvalue weighted by Crippen LogP contribution is -2.15. The fourth-order valence-electron chi connectivity index (χ4n) is 1.82. The molecular weight excluding hydrogens is 276 g/mol. The van der Waals surface area contributed by atoms with Gasteiger partial charge in [0.25, 0.3) is 0 Å². The minimum atomic E-state index is 0.255. The summed E-state index contributed by atoms with van der Waals surface area (Å²) in [6.07, 6.45) is 3.83. The van der Waals surface area contributed by atoms with Crippen LogP contribution in [0.5, 0.6) is 0 Å². The first kappa shape index (κ1) is 12.4. The number of rotatable bonds is 2. The molecule has 90 valence electrons. The van der Waals surface area contributed by atoms with Gasteiger partial charge in [-0.25, -0.2) is 4.98 Å². The Morgan fingerprint density at radius 2 is 1.82 bits per heavy atom. The number of nitrogens with zero attached hydrogens (tertiary/aromatic N) is 2. The van der Waals surface area contributed by atoms with E-state index in [1.807, 2.05) is 12.5 Å². The standard InChI is InChI=1S/C14H17BrN2/c1-14(2,3)9-17-10-16-8-13(17)11-4-6-12(15)7-5-11/h4-8,10H,9H2,1-3H3. The van der Waals surface area contributed by atoms with Gasteiger partial charge in [0.1, 0.15) is 0 Å². The normalized spacial score (nSPS) is 11.8. The van der Waals surface area contributed by atoms with E-state index in [1.54, 1.807) is 0 Å². The molecule has 0 unspecified atom stereocenters. The largest absolute Gasteiger partial charge is 0.330 e. The fourth-order valence-corrected chi connectivity index (χ4v) is 2.08. The van der Waals surface area contributed by atoms with Crippen molar-refractivity contribution in [2.75, 3.05) is 0 Å². The molecule has 17 heavy (non-hydrogen) atoms. The molecule has 0 fully saturated rings. The van der Waals surface area contributed by atoms with Crippen molar-refractivity contribution < 1.29 is 0 Å². The zero-order valence-electron chi connectivity index (χ0n) is 10.4. The van der Waals surface area contributed by atoms with E-state index in [4.69, 9.17) is 0 Å². The van der Waals surface area contributed by atoms with Gasteiger partial charge in [-0.1, -0.05) is 48.8 Å². The van der Waals surface area contributed by atoms with Crippen LogP contribution in [-0.4, -0.2) is 9.55 Å². The molecule has 2 rings (SSSR count). The molecule has 2 aromatic rings. The lowest BCUT2D eigenvalue weighted by atomic mass is 9.96. The van der Waals surface area contributed by atoms with Crippen LogP contribution in [-0.2, 0) is 6.54 Å². The van der Waals surface area contributed by atoms with E-state index in [0.29, 0.717) is 0 Å². The van der Waals surface area contributed by atoms with Crippen molar-refractivity contribution in [3.63, 3.8) is 0 Å². The molecule has 0 spiro atoms. The zero-order chi connectivity index (χ0) is 12.5. The first-order valence-corrected chi connectivity index (χ1v) is 6.51. The van der Waals surface area contributed by atoms with Crippen LogP contribution in [0.2, 0.25) is 0 Å². The molecule has 0 atom stereocenters. The SMILES string of the molecule is CC(C)(C)Cn1cncc1-c1ccc(Br)cc1. The molecular formula is C14H17BrN2. The second kappa shape index (κ2) is 4.65. The van der Waals surface area contributed by atoms with E-state index in [0.717, 1.165) is 11.0 Å². The first-order chi connectivity index (χ1) is 7.96. The Morgan fingerprint density at radius 3 is 2.41 bits per heavy atom. The third-order valence-electron chi connectivity index (χ3n) is 2.50. The summed E-state index contributed by atoms with van der Waals surface area (Å²) < 4.78 is 3.31. The van der Waals surface area contributed by atoms with Crippen LogP contribution in [0.25, 0.3) is 11.3 Å². The molecule has 1 heterocycles. The lowest BCUT2D eigenvalue weighted by Gasteiger charge is -2.20. The Morgan fingerprint density at radius 1 is 1.18 bits per heavy atom. The monoisotopic (exact) mass is 292 g/mol. The Kier molecular flexibility index (Phi) is 3.38. The summed E-state index contributed by atoms with van der Waals surface area (Å²) >= 11 is 3.45. The molecule has 0 amide bonds. The van der Waals surface area contributed by atoms with Crippen LogP contribution in [0.3, 0.4) is 0 Å². The van der Waals surface area contributed by atoms with E-state index < -0.39 is 0 Å². The van der Waals surface area contributed by atoms with Crippen molar-refractivity contribution in [3.05, 3.63) is 41.3 Å². The van der Waals surface area contributed by atoms with Crippen LogP contribution in [0, 0.1) is 5.41 Å². The summed E-state index contributed by atoms with van der Waals surface area (Å²) in [5, 5.41) is 0. The summed E-state index contributed by atoms with van der Waals surface area (Å²) in [6, 6.07) is 8.34. The number of benzene rings is 1. The van der Waals surface area contributed by atoms with Gasteiger partial charge in [-0.15, -0.1) is 0 Å². The van der Waals surface area contributed by atoms with Crippen molar-refractivity contribution in [1.82, 2.24) is 9.55 Å². The summed E-state index contributed by atoms with van der Waals surface area (Å²) in [7, 11) is 0. The van der Waals surface area contributed by atoms with Gasteiger partial charge >= 0.3 is 0 Å². The number of halogens is 1. The van der Waals surface area contributed by atoms with E-state index in [2.05, 4.69) is 70.5 Å². The van der Waals surface area contributed by atoms with E-state index in [1.165, 1.54) is 11.3 Å². The number of hydrogen-bond donors (Lipinski definition) is 0. The summed E-state index contributed by atoms with van der Waals surface area (Å²) in [4.78, 5) is 4.26. The van der Waals surface area contributed by atoms with Gasteiger partial charge in [-0.05, 0) is 23.1 Å². The van der Waals surface area contributed by atoms with Gasteiger partial charge in [0.15, 0.2) is 0 Å². The van der Waals surface area contributed by atoms with Crippen molar-refractivity contribution in [2.45, 2.75) is 27.3 Å². The van der Waals surface area contributed by atoms with Crippen molar-refractivity contribution in [2.24, 2.45) is 5.41 Å².